The molecule has 1 aliphatic rings. The molecule has 27 heavy (non-hydrogen) atoms. The number of carbonyl (C=O) groups excluding carboxylic acids is 1. The highest BCUT2D eigenvalue weighted by molar-refractivity contribution is 7.89. The predicted octanol–water partition coefficient (Wildman–Crippen LogP) is 2.92. The molecule has 0 bridgehead atoms. The van der Waals surface area contributed by atoms with Gasteiger partial charge >= 0.3 is 0 Å². The molecule has 1 aliphatic heterocycles. The molecule has 148 valence electrons. The van der Waals surface area contributed by atoms with Gasteiger partial charge in [-0.05, 0) is 50.8 Å². The van der Waals surface area contributed by atoms with Crippen molar-refractivity contribution in [2.75, 3.05) is 25.4 Å². The molecule has 0 N–H and O–H groups in total. The number of nitriles is 1. The Labute approximate surface area is 162 Å². The van der Waals surface area contributed by atoms with E-state index >= 15 is 0 Å². The fraction of sp³-hybridized carbons (Fsp3) is 0.600. The van der Waals surface area contributed by atoms with E-state index in [1.165, 1.54) is 4.31 Å². The number of benzene rings is 1. The lowest BCUT2D eigenvalue weighted by Gasteiger charge is -2.36. The van der Waals surface area contributed by atoms with Gasteiger partial charge < -0.3 is 4.90 Å². The summed E-state index contributed by atoms with van der Waals surface area (Å²) in [7, 11) is -3.28. The topological polar surface area (TPSA) is 81.5 Å². The number of rotatable bonds is 7. The first kappa shape index (κ1) is 21.4. The molecule has 0 saturated carbocycles. The molecule has 2 rings (SSSR count). The summed E-state index contributed by atoms with van der Waals surface area (Å²) in [6, 6.07) is 9.22. The lowest BCUT2D eigenvalue weighted by Crippen LogP contribution is -2.47. The molecule has 1 aromatic rings. The summed E-state index contributed by atoms with van der Waals surface area (Å²) in [5.41, 5.74) is 1.56. The Hall–Kier alpha value is -1.91. The van der Waals surface area contributed by atoms with Crippen molar-refractivity contribution in [2.24, 2.45) is 5.92 Å². The third kappa shape index (κ3) is 5.08. The maximum atomic E-state index is 13.1. The summed E-state index contributed by atoms with van der Waals surface area (Å²) < 4.78 is 26.3. The molecule has 2 atom stereocenters. The van der Waals surface area contributed by atoms with E-state index in [1.54, 1.807) is 12.1 Å². The van der Waals surface area contributed by atoms with Crippen LogP contribution in [0.3, 0.4) is 0 Å². The number of sulfonamides is 1. The molecule has 0 aromatic heterocycles. The summed E-state index contributed by atoms with van der Waals surface area (Å²) in [4.78, 5) is 15.0. The Bertz CT molecular complexity index is 784. The second-order valence-corrected chi connectivity index (χ2v) is 9.14. The normalized spacial score (nSPS) is 19.3. The van der Waals surface area contributed by atoms with E-state index in [4.69, 9.17) is 5.26 Å². The van der Waals surface area contributed by atoms with Crippen LogP contribution in [-0.4, -0.2) is 48.9 Å². The van der Waals surface area contributed by atoms with Gasteiger partial charge in [-0.15, -0.1) is 0 Å². The second kappa shape index (κ2) is 9.34. The van der Waals surface area contributed by atoms with Crippen molar-refractivity contribution >= 4 is 15.9 Å². The van der Waals surface area contributed by atoms with Gasteiger partial charge in [-0.1, -0.05) is 19.1 Å². The van der Waals surface area contributed by atoms with Crippen LogP contribution in [0.15, 0.2) is 24.3 Å². The van der Waals surface area contributed by atoms with Gasteiger partial charge in [0.2, 0.25) is 15.9 Å². The van der Waals surface area contributed by atoms with Crippen molar-refractivity contribution in [2.45, 2.75) is 46.1 Å². The van der Waals surface area contributed by atoms with Gasteiger partial charge in [0.15, 0.2) is 0 Å². The van der Waals surface area contributed by atoms with E-state index in [1.807, 2.05) is 37.8 Å². The van der Waals surface area contributed by atoms with E-state index in [0.29, 0.717) is 37.9 Å². The minimum atomic E-state index is -3.28. The quantitative estimate of drug-likeness (QED) is 0.716. The zero-order valence-corrected chi connectivity index (χ0v) is 17.2. The first-order chi connectivity index (χ1) is 12.8. The van der Waals surface area contributed by atoms with Crippen molar-refractivity contribution in [3.05, 3.63) is 35.4 Å². The molecule has 0 radical (unpaired) electrons. The summed E-state index contributed by atoms with van der Waals surface area (Å²) in [5, 5.41) is 8.94. The minimum absolute atomic E-state index is 0.00533. The Morgan fingerprint density at radius 1 is 1.33 bits per heavy atom. The fourth-order valence-corrected chi connectivity index (χ4v) is 5.24. The number of amides is 1. The lowest BCUT2D eigenvalue weighted by atomic mass is 9.96. The largest absolute Gasteiger partial charge is 0.336 e. The molecule has 7 heteroatoms. The number of piperidine rings is 1. The molecular formula is C20H29N3O3S. The highest BCUT2D eigenvalue weighted by Crippen LogP contribution is 2.27. The lowest BCUT2D eigenvalue weighted by molar-refractivity contribution is -0.138. The molecule has 1 heterocycles. The Kier molecular flexibility index (Phi) is 7.40. The van der Waals surface area contributed by atoms with E-state index < -0.39 is 10.0 Å². The van der Waals surface area contributed by atoms with Gasteiger partial charge in [0, 0.05) is 19.6 Å². The van der Waals surface area contributed by atoms with E-state index in [9.17, 15) is 13.2 Å². The zero-order valence-electron chi connectivity index (χ0n) is 16.4. The van der Waals surface area contributed by atoms with E-state index in [2.05, 4.69) is 6.07 Å². The molecular weight excluding hydrogens is 362 g/mol. The number of carbonyl (C=O) groups is 1. The number of hydrogen-bond donors (Lipinski definition) is 0. The third-order valence-electron chi connectivity index (χ3n) is 5.20. The molecule has 2 unspecified atom stereocenters. The zero-order chi connectivity index (χ0) is 20.0. The molecule has 1 amide bonds. The average Bonchev–Trinajstić information content (AvgIpc) is 2.68. The van der Waals surface area contributed by atoms with E-state index in [0.717, 1.165) is 5.56 Å². The van der Waals surface area contributed by atoms with Crippen LogP contribution in [0.4, 0.5) is 0 Å². The summed E-state index contributed by atoms with van der Waals surface area (Å²) >= 11 is 0. The molecule has 6 nitrogen and oxygen atoms in total. The molecule has 0 spiro atoms. The van der Waals surface area contributed by atoms with Crippen LogP contribution in [0.2, 0.25) is 0 Å². The predicted molar refractivity (Wildman–Crippen MR) is 105 cm³/mol. The van der Waals surface area contributed by atoms with Crippen LogP contribution in [0, 0.1) is 17.2 Å². The standard InChI is InChI=1S/C20H29N3O3S/c1-4-13-27(25,26)22-12-6-7-19(15-22)20(24)23(5-2)16(3)18-10-8-17(14-21)9-11-18/h8-11,16,19H,4-7,12-13,15H2,1-3H3. The van der Waals surface area contributed by atoms with E-state index in [-0.39, 0.29) is 30.2 Å². The highest BCUT2D eigenvalue weighted by Gasteiger charge is 2.34. The molecule has 1 fully saturated rings. The first-order valence-corrected chi connectivity index (χ1v) is 11.2. The maximum absolute atomic E-state index is 13.1. The molecule has 0 aliphatic carbocycles. The van der Waals surface area contributed by atoms with Crippen LogP contribution in [0.5, 0.6) is 0 Å². The molecule has 1 saturated heterocycles. The van der Waals surface area contributed by atoms with Crippen LogP contribution in [-0.2, 0) is 14.8 Å². The van der Waals surface area contributed by atoms with Crippen molar-refractivity contribution in [3.8, 4) is 6.07 Å². The van der Waals surface area contributed by atoms with Gasteiger partial charge in [-0.3, -0.25) is 4.79 Å². The number of nitrogens with zero attached hydrogens (tertiary/aromatic N) is 3. The summed E-state index contributed by atoms with van der Waals surface area (Å²) in [5.74, 6) is -0.163. The maximum Gasteiger partial charge on any atom is 0.227 e. The van der Waals surface area contributed by atoms with Crippen molar-refractivity contribution < 1.29 is 13.2 Å². The van der Waals surface area contributed by atoms with Crippen LogP contribution >= 0.6 is 0 Å². The number of hydrogen-bond acceptors (Lipinski definition) is 4. The van der Waals surface area contributed by atoms with Crippen LogP contribution < -0.4 is 0 Å². The van der Waals surface area contributed by atoms with Gasteiger partial charge in [0.1, 0.15) is 0 Å². The monoisotopic (exact) mass is 391 g/mol. The fourth-order valence-electron chi connectivity index (χ4n) is 3.65. The van der Waals surface area contributed by atoms with Crippen molar-refractivity contribution in [1.29, 1.82) is 5.26 Å². The van der Waals surface area contributed by atoms with Gasteiger partial charge in [0.05, 0.1) is 29.3 Å². The first-order valence-electron chi connectivity index (χ1n) is 9.62. The molecule has 1 aromatic carbocycles. The summed E-state index contributed by atoms with van der Waals surface area (Å²) in [6.07, 6.45) is 2.00. The van der Waals surface area contributed by atoms with Gasteiger partial charge in [-0.2, -0.15) is 5.26 Å². The van der Waals surface area contributed by atoms with Crippen molar-refractivity contribution in [1.82, 2.24) is 9.21 Å². The second-order valence-electron chi connectivity index (χ2n) is 7.05. The van der Waals surface area contributed by atoms with Crippen LogP contribution in [0.1, 0.15) is 57.2 Å². The van der Waals surface area contributed by atoms with Crippen molar-refractivity contribution in [3.63, 3.8) is 0 Å². The Morgan fingerprint density at radius 3 is 2.56 bits per heavy atom. The highest BCUT2D eigenvalue weighted by atomic mass is 32.2. The Morgan fingerprint density at radius 2 is 2.00 bits per heavy atom. The third-order valence-corrected chi connectivity index (χ3v) is 7.24. The van der Waals surface area contributed by atoms with Gasteiger partial charge in [-0.25, -0.2) is 12.7 Å². The SMILES string of the molecule is CCCS(=O)(=O)N1CCCC(C(=O)N(CC)C(C)c2ccc(C#N)cc2)C1. The smallest absolute Gasteiger partial charge is 0.227 e. The van der Waals surface area contributed by atoms with Crippen LogP contribution in [0.25, 0.3) is 0 Å². The average molecular weight is 392 g/mol. The Balaban J connectivity index is 2.14. The summed E-state index contributed by atoms with van der Waals surface area (Å²) in [6.45, 7) is 7.09. The van der Waals surface area contributed by atoms with Gasteiger partial charge in [0.25, 0.3) is 0 Å². The minimum Gasteiger partial charge on any atom is -0.336 e.